The van der Waals surface area contributed by atoms with Crippen molar-refractivity contribution in [3.63, 3.8) is 0 Å². The molecule has 2 aromatic rings. The van der Waals surface area contributed by atoms with E-state index in [4.69, 9.17) is 11.6 Å². The molecule has 0 bridgehead atoms. The Bertz CT molecular complexity index is 690. The molecule has 1 aliphatic rings. The number of hydrogen-bond donors (Lipinski definition) is 0. The van der Waals surface area contributed by atoms with Gasteiger partial charge in [-0.05, 0) is 30.4 Å². The van der Waals surface area contributed by atoms with E-state index in [0.29, 0.717) is 24.8 Å². The standard InChI is InChI=1S/C15H16ClF3N4/c1-22-9-11(7-21-22)10-2-4-23(5-3-10)14-13(16)6-12(8-20-14)15(17,18)19/h6-10H,2-5H2,1H3. The number of pyridine rings is 1. The van der Waals surface area contributed by atoms with Crippen LogP contribution in [0.2, 0.25) is 5.02 Å². The highest BCUT2D eigenvalue weighted by Crippen LogP contribution is 2.36. The number of halogens is 4. The minimum Gasteiger partial charge on any atom is -0.355 e. The summed E-state index contributed by atoms with van der Waals surface area (Å²) in [5.74, 6) is 0.831. The fourth-order valence-corrected chi connectivity index (χ4v) is 3.18. The lowest BCUT2D eigenvalue weighted by atomic mass is 9.91. The van der Waals surface area contributed by atoms with Crippen LogP contribution >= 0.6 is 11.6 Å². The largest absolute Gasteiger partial charge is 0.417 e. The first-order valence-electron chi connectivity index (χ1n) is 7.31. The van der Waals surface area contributed by atoms with E-state index in [1.54, 1.807) is 4.68 Å². The second-order valence-corrected chi connectivity index (χ2v) is 6.14. The highest BCUT2D eigenvalue weighted by atomic mass is 35.5. The first-order chi connectivity index (χ1) is 10.8. The molecule has 0 unspecified atom stereocenters. The molecule has 0 N–H and O–H groups in total. The van der Waals surface area contributed by atoms with Crippen LogP contribution in [0.3, 0.4) is 0 Å². The minimum atomic E-state index is -4.43. The molecule has 3 rings (SSSR count). The summed E-state index contributed by atoms with van der Waals surface area (Å²) < 4.78 is 39.8. The summed E-state index contributed by atoms with van der Waals surface area (Å²) in [5.41, 5.74) is 0.370. The normalized spacial score (nSPS) is 16.8. The van der Waals surface area contributed by atoms with E-state index in [1.165, 1.54) is 5.56 Å². The van der Waals surface area contributed by atoms with Crippen LogP contribution in [-0.2, 0) is 13.2 Å². The first kappa shape index (κ1) is 16.1. The van der Waals surface area contributed by atoms with E-state index >= 15 is 0 Å². The van der Waals surface area contributed by atoms with Crippen molar-refractivity contribution in [2.45, 2.75) is 24.9 Å². The Balaban J connectivity index is 1.70. The SMILES string of the molecule is Cn1cc(C2CCN(c3ncc(C(F)(F)F)cc3Cl)CC2)cn1. The van der Waals surface area contributed by atoms with Crippen LogP contribution in [0, 0.1) is 0 Å². The lowest BCUT2D eigenvalue weighted by Crippen LogP contribution is -2.33. The van der Waals surface area contributed by atoms with Crippen molar-refractivity contribution in [2.24, 2.45) is 7.05 Å². The summed E-state index contributed by atoms with van der Waals surface area (Å²) in [7, 11) is 1.88. The summed E-state index contributed by atoms with van der Waals surface area (Å²) >= 11 is 6.01. The van der Waals surface area contributed by atoms with Crippen LogP contribution in [0.25, 0.3) is 0 Å². The van der Waals surface area contributed by atoms with Crippen molar-refractivity contribution in [3.8, 4) is 0 Å². The molecule has 0 atom stereocenters. The molecule has 0 saturated carbocycles. The van der Waals surface area contributed by atoms with Crippen molar-refractivity contribution in [1.29, 1.82) is 0 Å². The molecule has 4 nitrogen and oxygen atoms in total. The molecule has 124 valence electrons. The number of aromatic nitrogens is 3. The van der Waals surface area contributed by atoms with Gasteiger partial charge < -0.3 is 4.90 Å². The summed E-state index contributed by atoms with van der Waals surface area (Å²) in [4.78, 5) is 5.87. The molecule has 0 aromatic carbocycles. The average Bonchev–Trinajstić information content (AvgIpc) is 2.93. The van der Waals surface area contributed by atoms with Gasteiger partial charge in [0.1, 0.15) is 5.82 Å². The van der Waals surface area contributed by atoms with Gasteiger partial charge in [-0.2, -0.15) is 18.3 Å². The first-order valence-corrected chi connectivity index (χ1v) is 7.68. The predicted molar refractivity (Wildman–Crippen MR) is 81.6 cm³/mol. The van der Waals surface area contributed by atoms with Gasteiger partial charge in [0.05, 0.1) is 16.8 Å². The number of anilines is 1. The lowest BCUT2D eigenvalue weighted by molar-refractivity contribution is -0.137. The van der Waals surface area contributed by atoms with Crippen LogP contribution in [-0.4, -0.2) is 27.9 Å². The van der Waals surface area contributed by atoms with Gasteiger partial charge in [0.15, 0.2) is 0 Å². The molecule has 1 saturated heterocycles. The zero-order valence-corrected chi connectivity index (χ0v) is 13.3. The van der Waals surface area contributed by atoms with E-state index in [2.05, 4.69) is 10.1 Å². The van der Waals surface area contributed by atoms with Crippen LogP contribution in [0.1, 0.15) is 29.9 Å². The van der Waals surface area contributed by atoms with Gasteiger partial charge in [-0.3, -0.25) is 4.68 Å². The second kappa shape index (κ2) is 6.03. The third kappa shape index (κ3) is 3.44. The molecule has 23 heavy (non-hydrogen) atoms. The summed E-state index contributed by atoms with van der Waals surface area (Å²) in [6.07, 6.45) is 2.07. The number of aryl methyl sites for hydroxylation is 1. The molecule has 1 fully saturated rings. The summed E-state index contributed by atoms with van der Waals surface area (Å²) in [6.45, 7) is 1.41. The molecule has 2 aromatic heterocycles. The lowest BCUT2D eigenvalue weighted by Gasteiger charge is -2.33. The zero-order valence-electron chi connectivity index (χ0n) is 12.5. The Hall–Kier alpha value is -1.76. The molecule has 0 radical (unpaired) electrons. The molecular weight excluding hydrogens is 329 g/mol. The number of hydrogen-bond acceptors (Lipinski definition) is 3. The molecule has 8 heteroatoms. The van der Waals surface area contributed by atoms with E-state index in [-0.39, 0.29) is 5.02 Å². The van der Waals surface area contributed by atoms with E-state index in [0.717, 1.165) is 25.1 Å². The van der Waals surface area contributed by atoms with Gasteiger partial charge in [-0.25, -0.2) is 4.98 Å². The highest BCUT2D eigenvalue weighted by Gasteiger charge is 2.32. The Morgan fingerprint density at radius 1 is 1.22 bits per heavy atom. The van der Waals surface area contributed by atoms with E-state index < -0.39 is 11.7 Å². The van der Waals surface area contributed by atoms with Crippen LogP contribution in [0.15, 0.2) is 24.7 Å². The van der Waals surface area contributed by atoms with Crippen molar-refractivity contribution in [2.75, 3.05) is 18.0 Å². The smallest absolute Gasteiger partial charge is 0.355 e. The maximum Gasteiger partial charge on any atom is 0.417 e. The van der Waals surface area contributed by atoms with Crippen LogP contribution < -0.4 is 4.90 Å². The van der Waals surface area contributed by atoms with E-state index in [9.17, 15) is 13.2 Å². The van der Waals surface area contributed by atoms with Gasteiger partial charge in [-0.1, -0.05) is 11.6 Å². The van der Waals surface area contributed by atoms with Crippen molar-refractivity contribution in [1.82, 2.24) is 14.8 Å². The number of piperidine rings is 1. The van der Waals surface area contributed by atoms with Gasteiger partial charge in [-0.15, -0.1) is 0 Å². The summed E-state index contributed by atoms with van der Waals surface area (Å²) in [6, 6.07) is 0.942. The maximum absolute atomic E-state index is 12.7. The topological polar surface area (TPSA) is 34.0 Å². The Kier molecular flexibility index (Phi) is 4.23. The van der Waals surface area contributed by atoms with Gasteiger partial charge in [0, 0.05) is 32.5 Å². The Morgan fingerprint density at radius 3 is 2.43 bits per heavy atom. The molecule has 3 heterocycles. The van der Waals surface area contributed by atoms with Gasteiger partial charge >= 0.3 is 6.18 Å². The predicted octanol–water partition coefficient (Wildman–Crippen LogP) is 3.87. The Morgan fingerprint density at radius 2 is 1.91 bits per heavy atom. The van der Waals surface area contributed by atoms with Crippen LogP contribution in [0.4, 0.5) is 19.0 Å². The minimum absolute atomic E-state index is 0.0413. The van der Waals surface area contributed by atoms with Crippen molar-refractivity contribution in [3.05, 3.63) is 40.8 Å². The molecule has 0 aliphatic carbocycles. The maximum atomic E-state index is 12.7. The number of alkyl halides is 3. The Labute approximate surface area is 136 Å². The molecule has 0 spiro atoms. The highest BCUT2D eigenvalue weighted by molar-refractivity contribution is 6.33. The molecular formula is C15H16ClF3N4. The average molecular weight is 345 g/mol. The van der Waals surface area contributed by atoms with Gasteiger partial charge in [0.2, 0.25) is 0 Å². The number of nitrogens with zero attached hydrogens (tertiary/aromatic N) is 4. The molecule has 0 amide bonds. The van der Waals surface area contributed by atoms with Crippen molar-refractivity contribution >= 4 is 17.4 Å². The van der Waals surface area contributed by atoms with Crippen molar-refractivity contribution < 1.29 is 13.2 Å². The fraction of sp³-hybridized carbons (Fsp3) is 0.467. The summed E-state index contributed by atoms with van der Waals surface area (Å²) in [5, 5.41) is 4.22. The van der Waals surface area contributed by atoms with Gasteiger partial charge in [0.25, 0.3) is 0 Å². The zero-order chi connectivity index (χ0) is 16.6. The third-order valence-corrected chi connectivity index (χ3v) is 4.42. The van der Waals surface area contributed by atoms with Crippen LogP contribution in [0.5, 0.6) is 0 Å². The third-order valence-electron chi connectivity index (χ3n) is 4.14. The second-order valence-electron chi connectivity index (χ2n) is 5.74. The van der Waals surface area contributed by atoms with E-state index in [1.807, 2.05) is 24.3 Å². The quantitative estimate of drug-likeness (QED) is 0.829. The monoisotopic (exact) mass is 344 g/mol. The number of rotatable bonds is 2. The molecule has 1 aliphatic heterocycles. The fourth-order valence-electron chi connectivity index (χ4n) is 2.89.